The normalized spacial score (nSPS) is 10.8. The van der Waals surface area contributed by atoms with Gasteiger partial charge in [-0.05, 0) is 19.8 Å². The van der Waals surface area contributed by atoms with Gasteiger partial charge in [0, 0.05) is 18.7 Å². The quantitative estimate of drug-likeness (QED) is 0.858. The molecule has 106 valence electrons. The Hall–Kier alpha value is -1.78. The van der Waals surface area contributed by atoms with Gasteiger partial charge in [0.15, 0.2) is 0 Å². The number of aliphatic carboxylic acids is 1. The van der Waals surface area contributed by atoms with Crippen LogP contribution in [0.4, 0.5) is 0 Å². The van der Waals surface area contributed by atoms with Crippen LogP contribution in [0.15, 0.2) is 10.7 Å². The molecular weight excluding hydrogens is 246 g/mol. The Morgan fingerprint density at radius 2 is 2.05 bits per heavy atom. The summed E-state index contributed by atoms with van der Waals surface area (Å²) in [4.78, 5) is 25.0. The van der Waals surface area contributed by atoms with E-state index in [9.17, 15) is 9.59 Å². The molecule has 0 aliphatic carbocycles. The summed E-state index contributed by atoms with van der Waals surface area (Å²) in [5.74, 6) is -0.565. The molecule has 0 saturated carbocycles. The highest BCUT2D eigenvalue weighted by Crippen LogP contribution is 2.20. The highest BCUT2D eigenvalue weighted by molar-refractivity contribution is 5.97. The molecule has 5 nitrogen and oxygen atoms in total. The van der Waals surface area contributed by atoms with Crippen LogP contribution in [0.3, 0.4) is 0 Å². The molecule has 0 radical (unpaired) electrons. The smallest absolute Gasteiger partial charge is 0.311 e. The van der Waals surface area contributed by atoms with Crippen molar-refractivity contribution in [2.45, 2.75) is 34.1 Å². The molecule has 1 amide bonds. The monoisotopic (exact) mass is 267 g/mol. The molecule has 0 aliphatic rings. The van der Waals surface area contributed by atoms with Gasteiger partial charge >= 0.3 is 5.97 Å². The second kappa shape index (κ2) is 6.41. The van der Waals surface area contributed by atoms with Crippen molar-refractivity contribution in [1.82, 2.24) is 4.90 Å². The van der Waals surface area contributed by atoms with Crippen LogP contribution in [0.25, 0.3) is 0 Å². The molecule has 0 fully saturated rings. The zero-order valence-electron chi connectivity index (χ0n) is 11.9. The third kappa shape index (κ3) is 3.84. The van der Waals surface area contributed by atoms with Gasteiger partial charge in [-0.2, -0.15) is 0 Å². The lowest BCUT2D eigenvalue weighted by Gasteiger charge is -2.23. The van der Waals surface area contributed by atoms with Crippen molar-refractivity contribution in [3.8, 4) is 0 Å². The zero-order chi connectivity index (χ0) is 14.6. The fourth-order valence-electron chi connectivity index (χ4n) is 2.01. The zero-order valence-corrected chi connectivity index (χ0v) is 11.9. The number of amides is 1. The Bertz CT molecular complexity index is 462. The second-order valence-electron chi connectivity index (χ2n) is 5.03. The number of carbonyl (C=O) groups is 2. The summed E-state index contributed by atoms with van der Waals surface area (Å²) in [5.41, 5.74) is 1.08. The van der Waals surface area contributed by atoms with E-state index in [0.717, 1.165) is 0 Å². The number of aryl methyl sites for hydroxylation is 1. The molecule has 1 heterocycles. The fraction of sp³-hybridized carbons (Fsp3) is 0.571. The van der Waals surface area contributed by atoms with Crippen molar-refractivity contribution >= 4 is 11.9 Å². The number of hydrogen-bond donors (Lipinski definition) is 1. The number of nitrogens with zero attached hydrogens (tertiary/aromatic N) is 1. The van der Waals surface area contributed by atoms with Crippen molar-refractivity contribution < 1.29 is 19.1 Å². The van der Waals surface area contributed by atoms with Crippen LogP contribution in [0.5, 0.6) is 0 Å². The minimum absolute atomic E-state index is 0.154. The minimum atomic E-state index is -1.00. The molecule has 0 unspecified atom stereocenters. The van der Waals surface area contributed by atoms with Crippen molar-refractivity contribution in [3.63, 3.8) is 0 Å². The number of carboxylic acids is 1. The Morgan fingerprint density at radius 3 is 2.53 bits per heavy atom. The molecule has 1 aromatic heterocycles. The predicted octanol–water partition coefficient (Wildman–Crippen LogP) is 2.33. The molecule has 0 atom stereocenters. The van der Waals surface area contributed by atoms with E-state index in [1.54, 1.807) is 11.8 Å². The third-order valence-corrected chi connectivity index (χ3v) is 2.83. The number of furan rings is 1. The first-order valence-corrected chi connectivity index (χ1v) is 6.44. The Morgan fingerprint density at radius 1 is 1.42 bits per heavy atom. The van der Waals surface area contributed by atoms with Crippen molar-refractivity contribution in [1.29, 1.82) is 0 Å². The molecular formula is C14H21NO4. The van der Waals surface area contributed by atoms with Crippen LogP contribution in [0.2, 0.25) is 0 Å². The van der Waals surface area contributed by atoms with Crippen LogP contribution in [0.1, 0.15) is 42.5 Å². The van der Waals surface area contributed by atoms with E-state index in [0.29, 0.717) is 30.1 Å². The standard InChI is InChI=1S/C14H21NO4/c1-5-15(7-9(2)3)14(18)13-10(4)8-19-11(13)6-12(16)17/h8-9H,5-7H2,1-4H3,(H,16,17). The second-order valence-corrected chi connectivity index (χ2v) is 5.03. The van der Waals surface area contributed by atoms with Gasteiger partial charge in [0.05, 0.1) is 11.8 Å². The first-order chi connectivity index (χ1) is 8.86. The highest BCUT2D eigenvalue weighted by atomic mass is 16.4. The van der Waals surface area contributed by atoms with Gasteiger partial charge in [-0.1, -0.05) is 13.8 Å². The summed E-state index contributed by atoms with van der Waals surface area (Å²) in [6.07, 6.45) is 1.17. The number of rotatable bonds is 6. The molecule has 0 aromatic carbocycles. The average Bonchev–Trinajstić information content (AvgIpc) is 2.65. The van der Waals surface area contributed by atoms with E-state index < -0.39 is 5.97 Å². The first-order valence-electron chi connectivity index (χ1n) is 6.44. The summed E-state index contributed by atoms with van der Waals surface area (Å²) in [7, 11) is 0. The Balaban J connectivity index is 3.03. The molecule has 1 aromatic rings. The molecule has 5 heteroatoms. The van der Waals surface area contributed by atoms with Gasteiger partial charge in [0.1, 0.15) is 12.2 Å². The van der Waals surface area contributed by atoms with E-state index in [4.69, 9.17) is 9.52 Å². The Kier molecular flexibility index (Phi) is 5.15. The van der Waals surface area contributed by atoms with Gasteiger partial charge in [-0.3, -0.25) is 9.59 Å². The summed E-state index contributed by atoms with van der Waals surface area (Å²) < 4.78 is 5.20. The van der Waals surface area contributed by atoms with Crippen molar-refractivity contribution in [2.75, 3.05) is 13.1 Å². The molecule has 0 saturated heterocycles. The maximum absolute atomic E-state index is 12.5. The maximum Gasteiger partial charge on any atom is 0.311 e. The van der Waals surface area contributed by atoms with Gasteiger partial charge in [0.2, 0.25) is 0 Å². The van der Waals surface area contributed by atoms with E-state index in [-0.39, 0.29) is 18.1 Å². The van der Waals surface area contributed by atoms with Crippen LogP contribution in [-0.2, 0) is 11.2 Å². The van der Waals surface area contributed by atoms with Crippen LogP contribution >= 0.6 is 0 Å². The topological polar surface area (TPSA) is 70.8 Å². The molecule has 1 rings (SSSR count). The predicted molar refractivity (Wildman–Crippen MR) is 71.2 cm³/mol. The largest absolute Gasteiger partial charge is 0.481 e. The van der Waals surface area contributed by atoms with E-state index in [1.165, 1.54) is 6.26 Å². The van der Waals surface area contributed by atoms with Crippen LogP contribution in [0, 0.1) is 12.8 Å². The number of carboxylic acid groups (broad SMARTS) is 1. The number of hydrogen-bond acceptors (Lipinski definition) is 3. The lowest BCUT2D eigenvalue weighted by atomic mass is 10.1. The van der Waals surface area contributed by atoms with Crippen LogP contribution < -0.4 is 0 Å². The van der Waals surface area contributed by atoms with Gasteiger partial charge in [-0.15, -0.1) is 0 Å². The van der Waals surface area contributed by atoms with E-state index in [1.807, 2.05) is 20.8 Å². The first kappa shape index (κ1) is 15.3. The summed E-state index contributed by atoms with van der Waals surface area (Å²) in [5, 5.41) is 8.84. The minimum Gasteiger partial charge on any atom is -0.481 e. The molecule has 1 N–H and O–H groups in total. The summed E-state index contributed by atoms with van der Waals surface area (Å²) in [6.45, 7) is 8.98. The average molecular weight is 267 g/mol. The van der Waals surface area contributed by atoms with Gasteiger partial charge < -0.3 is 14.4 Å². The molecule has 0 spiro atoms. The lowest BCUT2D eigenvalue weighted by Crippen LogP contribution is -2.34. The summed E-state index contributed by atoms with van der Waals surface area (Å²) in [6, 6.07) is 0. The lowest BCUT2D eigenvalue weighted by molar-refractivity contribution is -0.136. The highest BCUT2D eigenvalue weighted by Gasteiger charge is 2.24. The van der Waals surface area contributed by atoms with Crippen molar-refractivity contribution in [3.05, 3.63) is 23.2 Å². The SMILES string of the molecule is CCN(CC(C)C)C(=O)c1c(C)coc1CC(=O)O. The van der Waals surface area contributed by atoms with E-state index in [2.05, 4.69) is 0 Å². The van der Waals surface area contributed by atoms with E-state index >= 15 is 0 Å². The molecule has 0 bridgehead atoms. The molecule has 0 aliphatic heterocycles. The van der Waals surface area contributed by atoms with Gasteiger partial charge in [0.25, 0.3) is 5.91 Å². The van der Waals surface area contributed by atoms with Gasteiger partial charge in [-0.25, -0.2) is 0 Å². The Labute approximate surface area is 113 Å². The molecule has 19 heavy (non-hydrogen) atoms. The number of carbonyl (C=O) groups excluding carboxylic acids is 1. The van der Waals surface area contributed by atoms with Crippen molar-refractivity contribution in [2.24, 2.45) is 5.92 Å². The maximum atomic E-state index is 12.5. The van der Waals surface area contributed by atoms with Crippen LogP contribution in [-0.4, -0.2) is 35.0 Å². The summed E-state index contributed by atoms with van der Waals surface area (Å²) >= 11 is 0. The fourth-order valence-corrected chi connectivity index (χ4v) is 2.01. The third-order valence-electron chi connectivity index (χ3n) is 2.83.